The van der Waals surface area contributed by atoms with Crippen molar-refractivity contribution in [2.45, 2.75) is 44.9 Å². The van der Waals surface area contributed by atoms with Crippen molar-refractivity contribution >= 4 is 27.0 Å². The van der Waals surface area contributed by atoms with Gasteiger partial charge in [-0.2, -0.15) is 0 Å². The van der Waals surface area contributed by atoms with Gasteiger partial charge in [0.1, 0.15) is 5.52 Å². The molecule has 2 fully saturated rings. The average Bonchev–Trinajstić information content (AvgIpc) is 3.18. The summed E-state index contributed by atoms with van der Waals surface area (Å²) in [6.45, 7) is 4.06. The molecule has 0 saturated carbocycles. The molecule has 2 saturated heterocycles. The van der Waals surface area contributed by atoms with Crippen LogP contribution in [-0.4, -0.2) is 60.4 Å². The van der Waals surface area contributed by atoms with E-state index in [1.807, 2.05) is 36.1 Å². The summed E-state index contributed by atoms with van der Waals surface area (Å²) in [5.41, 5.74) is 1.67. The van der Waals surface area contributed by atoms with Crippen LogP contribution in [0.1, 0.15) is 50.8 Å². The summed E-state index contributed by atoms with van der Waals surface area (Å²) >= 11 is 0. The van der Waals surface area contributed by atoms with Crippen molar-refractivity contribution in [2.75, 3.05) is 31.9 Å². The van der Waals surface area contributed by atoms with E-state index in [1.54, 1.807) is 0 Å². The number of piperidine rings is 2. The Morgan fingerprint density at radius 3 is 2.66 bits per heavy atom. The number of benzene rings is 1. The summed E-state index contributed by atoms with van der Waals surface area (Å²) in [7, 11) is -3.25. The second-order valence-corrected chi connectivity index (χ2v) is 10.2. The van der Waals surface area contributed by atoms with Crippen LogP contribution in [0, 0.1) is 5.92 Å². The molecule has 3 heterocycles. The lowest BCUT2D eigenvalue weighted by molar-refractivity contribution is -0.137. The third-order valence-corrected chi connectivity index (χ3v) is 8.10. The van der Waals surface area contributed by atoms with Crippen LogP contribution in [-0.2, 0) is 14.8 Å². The number of sulfonamides is 1. The molecule has 158 valence electrons. The quantitative estimate of drug-likeness (QED) is 0.744. The minimum atomic E-state index is -3.25. The Morgan fingerprint density at radius 2 is 1.93 bits per heavy atom. The number of oxazole rings is 1. The van der Waals surface area contributed by atoms with E-state index in [9.17, 15) is 13.2 Å². The van der Waals surface area contributed by atoms with E-state index in [0.29, 0.717) is 32.6 Å². The van der Waals surface area contributed by atoms with E-state index in [0.717, 1.165) is 42.7 Å². The molecule has 1 aromatic heterocycles. The first kappa shape index (κ1) is 20.3. The largest absolute Gasteiger partial charge is 0.440 e. The highest BCUT2D eigenvalue weighted by Gasteiger charge is 2.35. The van der Waals surface area contributed by atoms with Gasteiger partial charge in [-0.15, -0.1) is 0 Å². The Balaban J connectivity index is 1.36. The Morgan fingerprint density at radius 1 is 1.17 bits per heavy atom. The molecule has 0 unspecified atom stereocenters. The second kappa shape index (κ2) is 8.44. The standard InChI is InChI=1S/C21H29N3O4S/c1-2-14-29(26,27)24-11-5-6-17(15-24)21(25)23-12-9-16(10-13-23)20-22-18-7-3-4-8-19(18)28-20/h3-4,7-8,16-17H,2,5-6,9-15H2,1H3/t17-/m1/s1. The zero-order valence-corrected chi connectivity index (χ0v) is 17.7. The van der Waals surface area contributed by atoms with Gasteiger partial charge in [-0.3, -0.25) is 4.79 Å². The van der Waals surface area contributed by atoms with Crippen LogP contribution in [0.3, 0.4) is 0 Å². The van der Waals surface area contributed by atoms with Crippen LogP contribution < -0.4 is 0 Å². The number of amides is 1. The van der Waals surface area contributed by atoms with Crippen LogP contribution in [0.5, 0.6) is 0 Å². The molecule has 29 heavy (non-hydrogen) atoms. The molecule has 0 spiro atoms. The Labute approximate surface area is 172 Å². The first-order chi connectivity index (χ1) is 14.0. The van der Waals surface area contributed by atoms with Gasteiger partial charge in [0.25, 0.3) is 0 Å². The van der Waals surface area contributed by atoms with E-state index in [2.05, 4.69) is 4.98 Å². The number of likely N-dealkylation sites (tertiary alicyclic amines) is 1. The molecule has 1 amide bonds. The molecule has 1 atom stereocenters. The normalized spacial score (nSPS) is 22.2. The molecule has 7 nitrogen and oxygen atoms in total. The van der Waals surface area contributed by atoms with Crippen molar-refractivity contribution in [2.24, 2.45) is 5.92 Å². The first-order valence-electron chi connectivity index (χ1n) is 10.6. The van der Waals surface area contributed by atoms with E-state index in [1.165, 1.54) is 4.31 Å². The lowest BCUT2D eigenvalue weighted by atomic mass is 9.93. The van der Waals surface area contributed by atoms with Crippen molar-refractivity contribution in [1.29, 1.82) is 0 Å². The lowest BCUT2D eigenvalue weighted by Crippen LogP contribution is -2.48. The van der Waals surface area contributed by atoms with Crippen LogP contribution >= 0.6 is 0 Å². The molecule has 0 aliphatic carbocycles. The predicted octanol–water partition coefficient (Wildman–Crippen LogP) is 2.99. The van der Waals surface area contributed by atoms with Crippen molar-refractivity contribution in [3.63, 3.8) is 0 Å². The van der Waals surface area contributed by atoms with E-state index < -0.39 is 10.0 Å². The van der Waals surface area contributed by atoms with Gasteiger partial charge >= 0.3 is 0 Å². The van der Waals surface area contributed by atoms with Crippen LogP contribution in [0.2, 0.25) is 0 Å². The summed E-state index contributed by atoms with van der Waals surface area (Å²) in [6, 6.07) is 7.76. The van der Waals surface area contributed by atoms with Crippen molar-refractivity contribution in [1.82, 2.24) is 14.2 Å². The van der Waals surface area contributed by atoms with E-state index >= 15 is 0 Å². The highest BCUT2D eigenvalue weighted by atomic mass is 32.2. The second-order valence-electron chi connectivity index (χ2n) is 8.13. The Bertz CT molecular complexity index is 930. The molecule has 0 bridgehead atoms. The molecule has 0 radical (unpaired) electrons. The smallest absolute Gasteiger partial charge is 0.227 e. The fourth-order valence-corrected chi connectivity index (χ4v) is 6.04. The zero-order chi connectivity index (χ0) is 20.4. The number of carbonyl (C=O) groups excluding carboxylic acids is 1. The number of para-hydroxylation sites is 2. The van der Waals surface area contributed by atoms with E-state index in [-0.39, 0.29) is 23.5 Å². The van der Waals surface area contributed by atoms with Gasteiger partial charge in [-0.1, -0.05) is 19.1 Å². The third-order valence-electron chi connectivity index (χ3n) is 6.06. The zero-order valence-electron chi connectivity index (χ0n) is 16.9. The molecule has 1 aromatic carbocycles. The molecule has 4 rings (SSSR count). The van der Waals surface area contributed by atoms with Gasteiger partial charge in [0, 0.05) is 32.1 Å². The van der Waals surface area contributed by atoms with Crippen LogP contribution in [0.25, 0.3) is 11.1 Å². The SMILES string of the molecule is CCCS(=O)(=O)N1CCC[C@@H](C(=O)N2CCC(c3nc4ccccc4o3)CC2)C1. The summed E-state index contributed by atoms with van der Waals surface area (Å²) in [5.74, 6) is 1.00. The fraction of sp³-hybridized carbons (Fsp3) is 0.619. The first-order valence-corrected chi connectivity index (χ1v) is 12.2. The summed E-state index contributed by atoms with van der Waals surface area (Å²) < 4.78 is 32.2. The van der Waals surface area contributed by atoms with Crippen LogP contribution in [0.15, 0.2) is 28.7 Å². The Hall–Kier alpha value is -1.93. The number of aromatic nitrogens is 1. The van der Waals surface area contributed by atoms with Gasteiger partial charge in [-0.25, -0.2) is 17.7 Å². The molecular weight excluding hydrogens is 390 g/mol. The minimum Gasteiger partial charge on any atom is -0.440 e. The number of fused-ring (bicyclic) bond motifs is 1. The number of carbonyl (C=O) groups is 1. The molecule has 0 N–H and O–H groups in total. The maximum atomic E-state index is 13.0. The summed E-state index contributed by atoms with van der Waals surface area (Å²) in [5, 5.41) is 0. The molecule has 2 aliphatic rings. The molecule has 2 aliphatic heterocycles. The third kappa shape index (κ3) is 4.33. The average molecular weight is 420 g/mol. The van der Waals surface area contributed by atoms with Gasteiger partial charge < -0.3 is 9.32 Å². The van der Waals surface area contributed by atoms with Gasteiger partial charge in [0.05, 0.1) is 11.7 Å². The summed E-state index contributed by atoms with van der Waals surface area (Å²) in [6.07, 6.45) is 3.76. The maximum absolute atomic E-state index is 13.0. The van der Waals surface area contributed by atoms with Gasteiger partial charge in [-0.05, 0) is 44.2 Å². The van der Waals surface area contributed by atoms with Crippen LogP contribution in [0.4, 0.5) is 0 Å². The number of hydrogen-bond donors (Lipinski definition) is 0. The van der Waals surface area contributed by atoms with Crippen molar-refractivity contribution in [3.05, 3.63) is 30.2 Å². The number of rotatable bonds is 5. The highest BCUT2D eigenvalue weighted by molar-refractivity contribution is 7.89. The predicted molar refractivity (Wildman–Crippen MR) is 111 cm³/mol. The monoisotopic (exact) mass is 419 g/mol. The number of hydrogen-bond acceptors (Lipinski definition) is 5. The Kier molecular flexibility index (Phi) is 5.92. The van der Waals surface area contributed by atoms with Crippen molar-refractivity contribution < 1.29 is 17.6 Å². The molecule has 2 aromatic rings. The maximum Gasteiger partial charge on any atom is 0.227 e. The molecular formula is C21H29N3O4S. The lowest BCUT2D eigenvalue weighted by Gasteiger charge is -2.37. The number of nitrogens with zero attached hydrogens (tertiary/aromatic N) is 3. The highest BCUT2D eigenvalue weighted by Crippen LogP contribution is 2.31. The summed E-state index contributed by atoms with van der Waals surface area (Å²) in [4.78, 5) is 19.5. The van der Waals surface area contributed by atoms with Gasteiger partial charge in [0.15, 0.2) is 11.5 Å². The van der Waals surface area contributed by atoms with Crippen molar-refractivity contribution in [3.8, 4) is 0 Å². The van der Waals surface area contributed by atoms with E-state index in [4.69, 9.17) is 4.42 Å². The minimum absolute atomic E-state index is 0.0948. The fourth-order valence-electron chi connectivity index (χ4n) is 4.45. The topological polar surface area (TPSA) is 83.7 Å². The van der Waals surface area contributed by atoms with Gasteiger partial charge in [0.2, 0.25) is 15.9 Å². The molecule has 8 heteroatoms.